The smallest absolute Gasteiger partial charge is 0.271 e. The van der Waals surface area contributed by atoms with Gasteiger partial charge in [-0.3, -0.25) is 4.79 Å². The van der Waals surface area contributed by atoms with E-state index < -0.39 is 15.9 Å². The maximum Gasteiger partial charge on any atom is 0.271 e. The number of amides is 1. The van der Waals surface area contributed by atoms with Gasteiger partial charge < -0.3 is 9.47 Å². The number of methoxy groups -OCH3 is 1. The first-order chi connectivity index (χ1) is 17.3. The minimum atomic E-state index is -4.13. The van der Waals surface area contributed by atoms with E-state index in [-0.39, 0.29) is 10.6 Å². The van der Waals surface area contributed by atoms with Crippen LogP contribution in [-0.4, -0.2) is 28.0 Å². The quantitative estimate of drug-likeness (QED) is 0.224. The first-order valence-corrected chi connectivity index (χ1v) is 13.4. The molecule has 7 heteroatoms. The van der Waals surface area contributed by atoms with Gasteiger partial charge in [-0.05, 0) is 68.3 Å². The van der Waals surface area contributed by atoms with Crippen molar-refractivity contribution in [2.75, 3.05) is 18.0 Å². The minimum absolute atomic E-state index is 0.0432. The number of ether oxygens (including phenoxy) is 2. The highest BCUT2D eigenvalue weighted by Gasteiger charge is 2.29. The molecule has 0 fully saturated rings. The standard InChI is InChI=1S/C29H33NO5S/c1-5-6-7-20-35-27-18-12-24(21-28(27)34-4)13-19-29(31)30(25-14-8-22(2)9-15-25)36(32,33)26-16-10-23(3)11-17-26/h8-19,21H,5-7,20H2,1-4H3/b19-13+. The molecule has 0 aliphatic carbocycles. The highest BCUT2D eigenvalue weighted by Crippen LogP contribution is 2.29. The molecule has 3 aromatic carbocycles. The SMILES string of the molecule is CCCCCOc1ccc(/C=C/C(=O)N(c2ccc(C)cc2)S(=O)(=O)c2ccc(C)cc2)cc1OC. The molecule has 6 nitrogen and oxygen atoms in total. The van der Waals surface area contributed by atoms with Gasteiger partial charge in [0.15, 0.2) is 11.5 Å². The van der Waals surface area contributed by atoms with Crippen LogP contribution in [0.4, 0.5) is 5.69 Å². The molecular formula is C29H33NO5S. The van der Waals surface area contributed by atoms with Crippen LogP contribution in [0.1, 0.15) is 42.9 Å². The van der Waals surface area contributed by atoms with Crippen LogP contribution in [-0.2, 0) is 14.8 Å². The first kappa shape index (κ1) is 27.0. The molecule has 0 unspecified atom stereocenters. The fourth-order valence-corrected chi connectivity index (χ4v) is 4.94. The fraction of sp³-hybridized carbons (Fsp3) is 0.276. The van der Waals surface area contributed by atoms with Crippen molar-refractivity contribution < 1.29 is 22.7 Å². The molecule has 0 saturated carbocycles. The molecular weight excluding hydrogens is 474 g/mol. The van der Waals surface area contributed by atoms with Crippen LogP contribution in [0.3, 0.4) is 0 Å². The first-order valence-electron chi connectivity index (χ1n) is 12.0. The van der Waals surface area contributed by atoms with Gasteiger partial charge in [0.05, 0.1) is 24.3 Å². The van der Waals surface area contributed by atoms with Gasteiger partial charge in [-0.1, -0.05) is 61.2 Å². The number of aryl methyl sites for hydroxylation is 2. The summed E-state index contributed by atoms with van der Waals surface area (Å²) in [4.78, 5) is 13.4. The Morgan fingerprint density at radius 2 is 1.53 bits per heavy atom. The van der Waals surface area contributed by atoms with Crippen molar-refractivity contribution in [3.05, 3.63) is 89.5 Å². The van der Waals surface area contributed by atoms with E-state index in [1.165, 1.54) is 18.2 Å². The number of nitrogens with zero attached hydrogens (tertiary/aromatic N) is 1. The number of carbonyl (C=O) groups excluding carboxylic acids is 1. The summed E-state index contributed by atoms with van der Waals surface area (Å²) in [6.45, 7) is 6.50. The van der Waals surface area contributed by atoms with E-state index in [9.17, 15) is 13.2 Å². The summed E-state index contributed by atoms with van der Waals surface area (Å²) >= 11 is 0. The van der Waals surface area contributed by atoms with Crippen molar-refractivity contribution in [3.63, 3.8) is 0 Å². The van der Waals surface area contributed by atoms with E-state index >= 15 is 0 Å². The molecule has 0 aliphatic heterocycles. The summed E-state index contributed by atoms with van der Waals surface area (Å²) < 4.78 is 39.1. The number of anilines is 1. The summed E-state index contributed by atoms with van der Waals surface area (Å²) in [6, 6.07) is 18.6. The number of carbonyl (C=O) groups is 1. The minimum Gasteiger partial charge on any atom is -0.493 e. The van der Waals surface area contributed by atoms with Crippen molar-refractivity contribution >= 4 is 27.7 Å². The Balaban J connectivity index is 1.90. The van der Waals surface area contributed by atoms with Crippen molar-refractivity contribution in [1.29, 1.82) is 0 Å². The zero-order chi connectivity index (χ0) is 26.1. The second kappa shape index (κ2) is 12.4. The topological polar surface area (TPSA) is 72.9 Å². The summed E-state index contributed by atoms with van der Waals surface area (Å²) in [6.07, 6.45) is 5.98. The molecule has 0 heterocycles. The summed E-state index contributed by atoms with van der Waals surface area (Å²) in [7, 11) is -2.58. The lowest BCUT2D eigenvalue weighted by atomic mass is 10.2. The zero-order valence-corrected chi connectivity index (χ0v) is 22.0. The fourth-order valence-electron chi connectivity index (χ4n) is 3.56. The van der Waals surface area contributed by atoms with Gasteiger partial charge in [-0.15, -0.1) is 0 Å². The highest BCUT2D eigenvalue weighted by atomic mass is 32.2. The third-order valence-corrected chi connectivity index (χ3v) is 7.38. The van der Waals surface area contributed by atoms with Gasteiger partial charge in [0, 0.05) is 6.08 Å². The van der Waals surface area contributed by atoms with Crippen molar-refractivity contribution in [3.8, 4) is 11.5 Å². The lowest BCUT2D eigenvalue weighted by Crippen LogP contribution is -2.35. The van der Waals surface area contributed by atoms with Crippen LogP contribution >= 0.6 is 0 Å². The Kier molecular flexibility index (Phi) is 9.31. The van der Waals surface area contributed by atoms with Crippen LogP contribution in [0.25, 0.3) is 6.08 Å². The maximum absolute atomic E-state index is 13.5. The molecule has 0 aromatic heterocycles. The number of hydrogen-bond donors (Lipinski definition) is 0. The average Bonchev–Trinajstić information content (AvgIpc) is 2.87. The van der Waals surface area contributed by atoms with Gasteiger partial charge in [0.25, 0.3) is 15.9 Å². The molecule has 0 saturated heterocycles. The van der Waals surface area contributed by atoms with E-state index in [1.54, 1.807) is 67.8 Å². The van der Waals surface area contributed by atoms with Gasteiger partial charge in [-0.2, -0.15) is 4.31 Å². The van der Waals surface area contributed by atoms with Crippen LogP contribution in [0, 0.1) is 13.8 Å². The zero-order valence-electron chi connectivity index (χ0n) is 21.2. The molecule has 0 spiro atoms. The molecule has 36 heavy (non-hydrogen) atoms. The molecule has 1 amide bonds. The second-order valence-electron chi connectivity index (χ2n) is 8.56. The third kappa shape index (κ3) is 6.76. The van der Waals surface area contributed by atoms with Crippen LogP contribution in [0.2, 0.25) is 0 Å². The predicted molar refractivity (Wildman–Crippen MR) is 144 cm³/mol. The summed E-state index contributed by atoms with van der Waals surface area (Å²) in [5.41, 5.74) is 2.83. The lowest BCUT2D eigenvalue weighted by Gasteiger charge is -2.21. The summed E-state index contributed by atoms with van der Waals surface area (Å²) in [5.74, 6) is 0.488. The van der Waals surface area contributed by atoms with E-state index in [4.69, 9.17) is 9.47 Å². The van der Waals surface area contributed by atoms with Crippen molar-refractivity contribution in [1.82, 2.24) is 0 Å². The van der Waals surface area contributed by atoms with E-state index in [1.807, 2.05) is 13.8 Å². The Hall–Kier alpha value is -3.58. The van der Waals surface area contributed by atoms with Gasteiger partial charge in [0.1, 0.15) is 0 Å². The monoisotopic (exact) mass is 507 g/mol. The molecule has 3 rings (SSSR count). The van der Waals surface area contributed by atoms with E-state index in [0.29, 0.717) is 23.7 Å². The summed E-state index contributed by atoms with van der Waals surface area (Å²) in [5, 5.41) is 0. The molecule has 3 aromatic rings. The van der Waals surface area contributed by atoms with Crippen LogP contribution < -0.4 is 13.8 Å². The number of benzene rings is 3. The molecule has 0 radical (unpaired) electrons. The second-order valence-corrected chi connectivity index (χ2v) is 10.3. The van der Waals surface area contributed by atoms with Crippen molar-refractivity contribution in [2.24, 2.45) is 0 Å². The van der Waals surface area contributed by atoms with Gasteiger partial charge in [0.2, 0.25) is 0 Å². The molecule has 190 valence electrons. The van der Waals surface area contributed by atoms with Gasteiger partial charge >= 0.3 is 0 Å². The van der Waals surface area contributed by atoms with Crippen molar-refractivity contribution in [2.45, 2.75) is 44.9 Å². The third-order valence-electron chi connectivity index (χ3n) is 5.64. The highest BCUT2D eigenvalue weighted by molar-refractivity contribution is 7.93. The predicted octanol–water partition coefficient (Wildman–Crippen LogP) is 6.32. The number of hydrogen-bond acceptors (Lipinski definition) is 5. The number of sulfonamides is 1. The van der Waals surface area contributed by atoms with Crippen LogP contribution in [0.15, 0.2) is 77.7 Å². The molecule has 0 aliphatic rings. The van der Waals surface area contributed by atoms with Gasteiger partial charge in [-0.25, -0.2) is 8.42 Å². The maximum atomic E-state index is 13.5. The lowest BCUT2D eigenvalue weighted by molar-refractivity contribution is -0.113. The molecule has 0 atom stereocenters. The average molecular weight is 508 g/mol. The normalized spacial score (nSPS) is 11.4. The largest absolute Gasteiger partial charge is 0.493 e. The van der Waals surface area contributed by atoms with E-state index in [2.05, 4.69) is 6.92 Å². The van der Waals surface area contributed by atoms with Crippen LogP contribution in [0.5, 0.6) is 11.5 Å². The molecule has 0 bridgehead atoms. The Morgan fingerprint density at radius 1 is 0.889 bits per heavy atom. The Bertz CT molecular complexity index is 1300. The number of rotatable bonds is 11. The van der Waals surface area contributed by atoms with E-state index in [0.717, 1.165) is 34.7 Å². The molecule has 0 N–H and O–H groups in total. The Morgan fingerprint density at radius 3 is 2.14 bits per heavy atom. The number of unbranched alkanes of at least 4 members (excludes halogenated alkanes) is 2. The Labute approximate surface area is 214 Å².